The first kappa shape index (κ1) is 12.8. The SMILES string of the molecule is CC(C)c1nc(-c2ccc(Br)cc2)nc2c1CNC2. The molecule has 0 spiro atoms. The largest absolute Gasteiger partial charge is 0.307 e. The van der Waals surface area contributed by atoms with Crippen molar-refractivity contribution in [3.8, 4) is 11.4 Å². The van der Waals surface area contributed by atoms with Gasteiger partial charge in [0.2, 0.25) is 0 Å². The van der Waals surface area contributed by atoms with Crippen LogP contribution >= 0.6 is 15.9 Å². The Hall–Kier alpha value is -1.26. The van der Waals surface area contributed by atoms with E-state index in [1.165, 1.54) is 11.3 Å². The Balaban J connectivity index is 2.12. The summed E-state index contributed by atoms with van der Waals surface area (Å²) in [6.45, 7) is 6.11. The van der Waals surface area contributed by atoms with Crippen LogP contribution in [-0.2, 0) is 13.1 Å². The summed E-state index contributed by atoms with van der Waals surface area (Å²) in [5.41, 5.74) is 4.68. The maximum Gasteiger partial charge on any atom is 0.159 e. The number of halogens is 1. The van der Waals surface area contributed by atoms with E-state index in [1.807, 2.05) is 12.1 Å². The normalized spacial score (nSPS) is 13.9. The number of aromatic nitrogens is 2. The third kappa shape index (κ3) is 2.42. The maximum absolute atomic E-state index is 4.78. The Labute approximate surface area is 121 Å². The van der Waals surface area contributed by atoms with E-state index in [-0.39, 0.29) is 0 Å². The standard InChI is InChI=1S/C15H16BrN3/c1-9(2)14-12-7-17-8-13(12)18-15(19-14)10-3-5-11(16)6-4-10/h3-6,9,17H,7-8H2,1-2H3. The molecule has 0 saturated heterocycles. The summed E-state index contributed by atoms with van der Waals surface area (Å²) in [6.07, 6.45) is 0. The van der Waals surface area contributed by atoms with Gasteiger partial charge in [-0.05, 0) is 18.1 Å². The number of hydrogen-bond donors (Lipinski definition) is 1. The van der Waals surface area contributed by atoms with Crippen LogP contribution in [-0.4, -0.2) is 9.97 Å². The molecule has 19 heavy (non-hydrogen) atoms. The lowest BCUT2D eigenvalue weighted by molar-refractivity contribution is 0.746. The van der Waals surface area contributed by atoms with Gasteiger partial charge >= 0.3 is 0 Å². The van der Waals surface area contributed by atoms with Gasteiger partial charge in [0.15, 0.2) is 5.82 Å². The average molecular weight is 318 g/mol. The lowest BCUT2D eigenvalue weighted by Gasteiger charge is -2.12. The molecule has 0 atom stereocenters. The van der Waals surface area contributed by atoms with Crippen LogP contribution < -0.4 is 5.32 Å². The van der Waals surface area contributed by atoms with Crippen molar-refractivity contribution < 1.29 is 0 Å². The van der Waals surface area contributed by atoms with Gasteiger partial charge in [0.25, 0.3) is 0 Å². The van der Waals surface area contributed by atoms with Crippen molar-refractivity contribution in [2.75, 3.05) is 0 Å². The summed E-state index contributed by atoms with van der Waals surface area (Å²) < 4.78 is 1.07. The first-order chi connectivity index (χ1) is 9.15. The van der Waals surface area contributed by atoms with E-state index in [0.717, 1.165) is 34.6 Å². The molecule has 2 heterocycles. The Kier molecular flexibility index (Phi) is 3.37. The molecule has 1 aliphatic heterocycles. The highest BCUT2D eigenvalue weighted by Gasteiger charge is 2.20. The van der Waals surface area contributed by atoms with E-state index >= 15 is 0 Å². The summed E-state index contributed by atoms with van der Waals surface area (Å²) in [7, 11) is 0. The second kappa shape index (κ2) is 5.02. The highest BCUT2D eigenvalue weighted by atomic mass is 79.9. The summed E-state index contributed by atoms with van der Waals surface area (Å²) in [5.74, 6) is 1.25. The Morgan fingerprint density at radius 2 is 1.84 bits per heavy atom. The summed E-state index contributed by atoms with van der Waals surface area (Å²) in [6, 6.07) is 8.16. The minimum Gasteiger partial charge on any atom is -0.307 e. The van der Waals surface area contributed by atoms with Crippen LogP contribution in [0.5, 0.6) is 0 Å². The van der Waals surface area contributed by atoms with Crippen LogP contribution in [0.3, 0.4) is 0 Å². The van der Waals surface area contributed by atoms with Gasteiger partial charge in [0, 0.05) is 28.7 Å². The molecule has 2 aromatic rings. The molecule has 3 nitrogen and oxygen atoms in total. The number of nitrogens with zero attached hydrogens (tertiary/aromatic N) is 2. The minimum absolute atomic E-state index is 0.422. The van der Waals surface area contributed by atoms with E-state index in [4.69, 9.17) is 9.97 Å². The fourth-order valence-electron chi connectivity index (χ4n) is 2.40. The second-order valence-electron chi connectivity index (χ2n) is 5.12. The third-order valence-electron chi connectivity index (χ3n) is 3.37. The molecule has 0 unspecified atom stereocenters. The average Bonchev–Trinajstić information content (AvgIpc) is 2.86. The van der Waals surface area contributed by atoms with Crippen molar-refractivity contribution in [1.29, 1.82) is 0 Å². The van der Waals surface area contributed by atoms with Gasteiger partial charge in [-0.1, -0.05) is 41.9 Å². The zero-order valence-electron chi connectivity index (χ0n) is 11.1. The molecule has 1 aliphatic rings. The van der Waals surface area contributed by atoms with Crippen LogP contribution in [0.1, 0.15) is 36.7 Å². The molecule has 0 saturated carbocycles. The third-order valence-corrected chi connectivity index (χ3v) is 3.90. The van der Waals surface area contributed by atoms with Crippen LogP contribution in [0.4, 0.5) is 0 Å². The van der Waals surface area contributed by atoms with Crippen LogP contribution in [0, 0.1) is 0 Å². The lowest BCUT2D eigenvalue weighted by atomic mass is 10.0. The number of fused-ring (bicyclic) bond motifs is 1. The van der Waals surface area contributed by atoms with Gasteiger partial charge in [-0.15, -0.1) is 0 Å². The summed E-state index contributed by atoms with van der Waals surface area (Å²) >= 11 is 3.45. The van der Waals surface area contributed by atoms with E-state index in [0.29, 0.717) is 5.92 Å². The Morgan fingerprint density at radius 1 is 1.11 bits per heavy atom. The summed E-state index contributed by atoms with van der Waals surface area (Å²) in [4.78, 5) is 9.48. The first-order valence-electron chi connectivity index (χ1n) is 6.51. The van der Waals surface area contributed by atoms with E-state index in [2.05, 4.69) is 47.2 Å². The molecule has 1 aromatic carbocycles. The molecular formula is C15H16BrN3. The molecular weight excluding hydrogens is 302 g/mol. The molecule has 0 fully saturated rings. The van der Waals surface area contributed by atoms with Crippen molar-refractivity contribution in [3.63, 3.8) is 0 Å². The van der Waals surface area contributed by atoms with Gasteiger partial charge in [0.1, 0.15) is 0 Å². The maximum atomic E-state index is 4.78. The minimum atomic E-state index is 0.422. The molecule has 4 heteroatoms. The van der Waals surface area contributed by atoms with Crippen molar-refractivity contribution in [1.82, 2.24) is 15.3 Å². The van der Waals surface area contributed by atoms with E-state index < -0.39 is 0 Å². The van der Waals surface area contributed by atoms with Crippen molar-refractivity contribution >= 4 is 15.9 Å². The fraction of sp³-hybridized carbons (Fsp3) is 0.333. The zero-order valence-corrected chi connectivity index (χ0v) is 12.7. The highest BCUT2D eigenvalue weighted by molar-refractivity contribution is 9.10. The van der Waals surface area contributed by atoms with Gasteiger partial charge < -0.3 is 5.32 Å². The predicted molar refractivity (Wildman–Crippen MR) is 79.8 cm³/mol. The molecule has 1 aromatic heterocycles. The molecule has 0 radical (unpaired) electrons. The van der Waals surface area contributed by atoms with Gasteiger partial charge in [-0.25, -0.2) is 9.97 Å². The number of benzene rings is 1. The molecule has 0 amide bonds. The van der Waals surface area contributed by atoms with Gasteiger partial charge in [0.05, 0.1) is 11.4 Å². The summed E-state index contributed by atoms with van der Waals surface area (Å²) in [5, 5.41) is 3.36. The van der Waals surface area contributed by atoms with Crippen molar-refractivity contribution in [2.45, 2.75) is 32.9 Å². The van der Waals surface area contributed by atoms with Gasteiger partial charge in [-0.2, -0.15) is 0 Å². The quantitative estimate of drug-likeness (QED) is 0.919. The van der Waals surface area contributed by atoms with E-state index in [1.54, 1.807) is 0 Å². The van der Waals surface area contributed by atoms with Gasteiger partial charge in [-0.3, -0.25) is 0 Å². The predicted octanol–water partition coefficient (Wildman–Crippen LogP) is 3.63. The molecule has 0 bridgehead atoms. The molecule has 0 aliphatic carbocycles. The highest BCUT2D eigenvalue weighted by Crippen LogP contribution is 2.27. The second-order valence-corrected chi connectivity index (χ2v) is 6.04. The number of rotatable bonds is 2. The van der Waals surface area contributed by atoms with Crippen molar-refractivity contribution in [2.24, 2.45) is 0 Å². The Morgan fingerprint density at radius 3 is 2.53 bits per heavy atom. The van der Waals surface area contributed by atoms with Crippen LogP contribution in [0.2, 0.25) is 0 Å². The van der Waals surface area contributed by atoms with Crippen molar-refractivity contribution in [3.05, 3.63) is 45.7 Å². The molecule has 1 N–H and O–H groups in total. The lowest BCUT2D eigenvalue weighted by Crippen LogP contribution is -2.05. The smallest absolute Gasteiger partial charge is 0.159 e. The topological polar surface area (TPSA) is 37.8 Å². The molecule has 3 rings (SSSR count). The number of hydrogen-bond acceptors (Lipinski definition) is 3. The first-order valence-corrected chi connectivity index (χ1v) is 7.31. The fourth-order valence-corrected chi connectivity index (χ4v) is 2.66. The monoisotopic (exact) mass is 317 g/mol. The number of nitrogens with one attached hydrogen (secondary N) is 1. The van der Waals surface area contributed by atoms with Crippen LogP contribution in [0.25, 0.3) is 11.4 Å². The Bertz CT molecular complexity index is 606. The van der Waals surface area contributed by atoms with E-state index in [9.17, 15) is 0 Å². The molecule has 98 valence electrons. The zero-order chi connectivity index (χ0) is 13.4. The van der Waals surface area contributed by atoms with Crippen LogP contribution in [0.15, 0.2) is 28.7 Å².